The van der Waals surface area contributed by atoms with Crippen LogP contribution in [0.2, 0.25) is 0 Å². The highest BCUT2D eigenvalue weighted by atomic mass is 16.5. The minimum Gasteiger partial charge on any atom is -0.464 e. The van der Waals surface area contributed by atoms with Gasteiger partial charge in [0.1, 0.15) is 6.61 Å². The number of cyclic esters (lactones) is 1. The van der Waals surface area contributed by atoms with Gasteiger partial charge in [-0.3, -0.25) is 9.59 Å². The van der Waals surface area contributed by atoms with Gasteiger partial charge in [0.15, 0.2) is 5.78 Å². The SMILES string of the molecule is O=C1OC[C@H]2C(=O)C=C[C@@H]12. The minimum atomic E-state index is -0.271. The van der Waals surface area contributed by atoms with Crippen LogP contribution in [0.15, 0.2) is 12.2 Å². The van der Waals surface area contributed by atoms with Crippen molar-refractivity contribution < 1.29 is 14.3 Å². The van der Waals surface area contributed by atoms with Gasteiger partial charge in [-0.15, -0.1) is 0 Å². The van der Waals surface area contributed by atoms with Gasteiger partial charge < -0.3 is 4.74 Å². The Morgan fingerprint density at radius 2 is 2.30 bits per heavy atom. The molecule has 1 saturated heterocycles. The molecule has 2 atom stereocenters. The Kier molecular flexibility index (Phi) is 0.952. The van der Waals surface area contributed by atoms with E-state index >= 15 is 0 Å². The Balaban J connectivity index is 2.32. The maximum absolute atomic E-state index is 10.9. The minimum absolute atomic E-state index is 0.0239. The molecular weight excluding hydrogens is 132 g/mol. The molecule has 1 aliphatic heterocycles. The average molecular weight is 138 g/mol. The van der Waals surface area contributed by atoms with E-state index in [9.17, 15) is 9.59 Å². The zero-order chi connectivity index (χ0) is 7.14. The summed E-state index contributed by atoms with van der Waals surface area (Å²) in [5, 5.41) is 0. The third kappa shape index (κ3) is 0.546. The van der Waals surface area contributed by atoms with Crippen molar-refractivity contribution in [1.82, 2.24) is 0 Å². The van der Waals surface area contributed by atoms with E-state index in [0.29, 0.717) is 0 Å². The van der Waals surface area contributed by atoms with E-state index in [0.717, 1.165) is 0 Å². The number of carbonyl (C=O) groups is 2. The number of ether oxygens (including phenoxy) is 1. The molecule has 0 spiro atoms. The topological polar surface area (TPSA) is 43.4 Å². The lowest BCUT2D eigenvalue weighted by Crippen LogP contribution is -2.14. The average Bonchev–Trinajstić information content (AvgIpc) is 2.41. The fraction of sp³-hybridized carbons (Fsp3) is 0.429. The molecule has 10 heavy (non-hydrogen) atoms. The van der Waals surface area contributed by atoms with Crippen molar-refractivity contribution in [3.63, 3.8) is 0 Å². The van der Waals surface area contributed by atoms with Gasteiger partial charge in [-0.2, -0.15) is 0 Å². The summed E-state index contributed by atoms with van der Waals surface area (Å²) >= 11 is 0. The van der Waals surface area contributed by atoms with Crippen LogP contribution in [0.1, 0.15) is 0 Å². The summed E-state index contributed by atoms with van der Waals surface area (Å²) in [6.07, 6.45) is 3.10. The molecule has 0 unspecified atom stereocenters. The molecule has 52 valence electrons. The van der Waals surface area contributed by atoms with Crippen LogP contribution >= 0.6 is 0 Å². The maximum Gasteiger partial charge on any atom is 0.313 e. The van der Waals surface area contributed by atoms with Crippen molar-refractivity contribution in [2.45, 2.75) is 0 Å². The maximum atomic E-state index is 10.9. The van der Waals surface area contributed by atoms with Crippen molar-refractivity contribution in [3.05, 3.63) is 12.2 Å². The number of ketones is 1. The largest absolute Gasteiger partial charge is 0.464 e. The van der Waals surface area contributed by atoms with E-state index in [4.69, 9.17) is 0 Å². The number of rotatable bonds is 0. The first-order chi connectivity index (χ1) is 4.79. The zero-order valence-corrected chi connectivity index (χ0v) is 5.24. The van der Waals surface area contributed by atoms with Crippen LogP contribution in [0.4, 0.5) is 0 Å². The molecule has 3 nitrogen and oxygen atoms in total. The molecule has 0 aromatic carbocycles. The van der Waals surface area contributed by atoms with Gasteiger partial charge in [0.05, 0.1) is 11.8 Å². The highest BCUT2D eigenvalue weighted by molar-refractivity contribution is 6.00. The third-order valence-electron chi connectivity index (χ3n) is 1.94. The number of allylic oxidation sites excluding steroid dienone is 1. The molecule has 0 bridgehead atoms. The highest BCUT2D eigenvalue weighted by Crippen LogP contribution is 2.29. The first-order valence-corrected chi connectivity index (χ1v) is 3.18. The monoisotopic (exact) mass is 138 g/mol. The van der Waals surface area contributed by atoms with E-state index in [2.05, 4.69) is 4.74 Å². The van der Waals surface area contributed by atoms with E-state index in [1.807, 2.05) is 0 Å². The van der Waals surface area contributed by atoms with Gasteiger partial charge in [-0.25, -0.2) is 0 Å². The molecule has 0 N–H and O–H groups in total. The van der Waals surface area contributed by atoms with Crippen LogP contribution in [0.3, 0.4) is 0 Å². The molecule has 3 heteroatoms. The summed E-state index contributed by atoms with van der Waals surface area (Å²) in [4.78, 5) is 21.7. The first-order valence-electron chi connectivity index (χ1n) is 3.18. The fourth-order valence-corrected chi connectivity index (χ4v) is 1.33. The standard InChI is InChI=1S/C7H6O3/c8-6-2-1-4-5(6)3-10-7(4)9/h1-2,4-5H,3H2/t4-,5-/m1/s1. The predicted octanol–water partition coefficient (Wildman–Crippen LogP) is -0.0855. The molecule has 1 heterocycles. The summed E-state index contributed by atoms with van der Waals surface area (Å²) in [5.41, 5.74) is 0. The van der Waals surface area contributed by atoms with Crippen molar-refractivity contribution in [3.8, 4) is 0 Å². The Morgan fingerprint density at radius 1 is 1.50 bits per heavy atom. The molecule has 1 aliphatic carbocycles. The van der Waals surface area contributed by atoms with Gasteiger partial charge in [-0.1, -0.05) is 6.08 Å². The molecule has 0 saturated carbocycles. The Bertz CT molecular complexity index is 229. The molecule has 2 aliphatic rings. The van der Waals surface area contributed by atoms with Gasteiger partial charge in [0, 0.05) is 0 Å². The number of hydrogen-bond donors (Lipinski definition) is 0. The van der Waals surface area contributed by atoms with Crippen LogP contribution in [0.5, 0.6) is 0 Å². The summed E-state index contributed by atoms with van der Waals surface area (Å²) in [6.45, 7) is 0.273. The number of fused-ring (bicyclic) bond motifs is 1. The normalized spacial score (nSPS) is 36.4. The summed E-state index contributed by atoms with van der Waals surface area (Å²) < 4.78 is 4.68. The van der Waals surface area contributed by atoms with Crippen molar-refractivity contribution in [2.24, 2.45) is 11.8 Å². The van der Waals surface area contributed by atoms with E-state index in [1.54, 1.807) is 6.08 Å². The Hall–Kier alpha value is -1.12. The lowest BCUT2D eigenvalue weighted by atomic mass is 9.99. The molecule has 1 fully saturated rings. The number of esters is 1. The summed E-state index contributed by atoms with van der Waals surface area (Å²) in [6, 6.07) is 0. The summed E-state index contributed by atoms with van der Waals surface area (Å²) in [5.74, 6) is -0.706. The van der Waals surface area contributed by atoms with Crippen molar-refractivity contribution in [2.75, 3.05) is 6.61 Å². The Labute approximate surface area is 57.7 Å². The quantitative estimate of drug-likeness (QED) is 0.439. The lowest BCUT2D eigenvalue weighted by Gasteiger charge is -1.97. The van der Waals surface area contributed by atoms with Crippen LogP contribution in [0.25, 0.3) is 0 Å². The number of hydrogen-bond acceptors (Lipinski definition) is 3. The second-order valence-electron chi connectivity index (χ2n) is 2.52. The molecule has 0 radical (unpaired) electrons. The van der Waals surface area contributed by atoms with Crippen LogP contribution in [-0.4, -0.2) is 18.4 Å². The molecule has 0 amide bonds. The second-order valence-corrected chi connectivity index (χ2v) is 2.52. The molecular formula is C7H6O3. The van der Waals surface area contributed by atoms with E-state index < -0.39 is 0 Å². The summed E-state index contributed by atoms with van der Waals surface area (Å²) in [7, 11) is 0. The van der Waals surface area contributed by atoms with Gasteiger partial charge in [-0.05, 0) is 6.08 Å². The predicted molar refractivity (Wildman–Crippen MR) is 32.1 cm³/mol. The van der Waals surface area contributed by atoms with Crippen LogP contribution in [0, 0.1) is 11.8 Å². The van der Waals surface area contributed by atoms with E-state index in [-0.39, 0.29) is 30.2 Å². The van der Waals surface area contributed by atoms with Gasteiger partial charge in [0.2, 0.25) is 0 Å². The van der Waals surface area contributed by atoms with Crippen molar-refractivity contribution in [1.29, 1.82) is 0 Å². The molecule has 0 aromatic rings. The van der Waals surface area contributed by atoms with Crippen LogP contribution in [-0.2, 0) is 14.3 Å². The second kappa shape index (κ2) is 1.68. The van der Waals surface area contributed by atoms with Gasteiger partial charge >= 0.3 is 5.97 Å². The number of carbonyl (C=O) groups excluding carboxylic acids is 2. The van der Waals surface area contributed by atoms with E-state index in [1.165, 1.54) is 6.08 Å². The smallest absolute Gasteiger partial charge is 0.313 e. The lowest BCUT2D eigenvalue weighted by molar-refractivity contribution is -0.140. The molecule has 2 rings (SSSR count). The first kappa shape index (κ1) is 5.65. The zero-order valence-electron chi connectivity index (χ0n) is 5.24. The molecule has 0 aromatic heterocycles. The third-order valence-corrected chi connectivity index (χ3v) is 1.94. The highest BCUT2D eigenvalue weighted by Gasteiger charge is 2.42. The van der Waals surface area contributed by atoms with Crippen molar-refractivity contribution >= 4 is 11.8 Å². The van der Waals surface area contributed by atoms with Gasteiger partial charge in [0.25, 0.3) is 0 Å². The Morgan fingerprint density at radius 3 is 3.00 bits per heavy atom. The van der Waals surface area contributed by atoms with Crippen LogP contribution < -0.4 is 0 Å². The fourth-order valence-electron chi connectivity index (χ4n) is 1.33.